The summed E-state index contributed by atoms with van der Waals surface area (Å²) in [6, 6.07) is 9.13. The van der Waals surface area contributed by atoms with E-state index in [0.717, 1.165) is 57.7 Å². The van der Waals surface area contributed by atoms with Crippen LogP contribution in [-0.4, -0.2) is 61.7 Å². The van der Waals surface area contributed by atoms with Crippen molar-refractivity contribution in [1.29, 1.82) is 0 Å². The monoisotopic (exact) mass is 385 g/mol. The lowest BCUT2D eigenvalue weighted by atomic mass is 10.0. The lowest BCUT2D eigenvalue weighted by Gasteiger charge is -2.34. The molecule has 1 aromatic heterocycles. The van der Waals surface area contributed by atoms with Crippen LogP contribution in [0.1, 0.15) is 17.8 Å². The Labute approximate surface area is 164 Å². The summed E-state index contributed by atoms with van der Waals surface area (Å²) in [5.74, 6) is 0. The summed E-state index contributed by atoms with van der Waals surface area (Å²) in [6.07, 6.45) is 5.22. The van der Waals surface area contributed by atoms with Crippen molar-refractivity contribution in [3.05, 3.63) is 40.8 Å². The summed E-state index contributed by atoms with van der Waals surface area (Å²) in [4.78, 5) is 22.5. The first-order valence-electron chi connectivity index (χ1n) is 9.70. The molecule has 0 radical (unpaired) electrons. The Morgan fingerprint density at radius 3 is 2.48 bits per heavy atom. The number of nitrogens with one attached hydrogen (secondary N) is 1. The molecule has 2 aliphatic rings. The van der Waals surface area contributed by atoms with Crippen LogP contribution in [0, 0.1) is 0 Å². The van der Waals surface area contributed by atoms with Crippen molar-refractivity contribution in [3.8, 4) is 0 Å². The van der Waals surface area contributed by atoms with Gasteiger partial charge < -0.3 is 15.1 Å². The Bertz CT molecular complexity index is 740. The van der Waals surface area contributed by atoms with Gasteiger partial charge in [-0.25, -0.2) is 9.78 Å². The molecule has 6 nitrogen and oxygen atoms in total. The van der Waals surface area contributed by atoms with Gasteiger partial charge >= 0.3 is 6.03 Å². The second-order valence-corrected chi connectivity index (χ2v) is 8.24. The van der Waals surface area contributed by atoms with E-state index in [0.29, 0.717) is 6.04 Å². The molecule has 3 heterocycles. The van der Waals surface area contributed by atoms with E-state index in [1.54, 1.807) is 16.2 Å². The fourth-order valence-corrected chi connectivity index (χ4v) is 4.45. The number of nitrogens with zero attached hydrogens (tertiary/aromatic N) is 4. The Morgan fingerprint density at radius 2 is 1.85 bits per heavy atom. The van der Waals surface area contributed by atoms with E-state index in [9.17, 15) is 4.79 Å². The van der Waals surface area contributed by atoms with Crippen LogP contribution >= 0.6 is 11.3 Å². The predicted molar refractivity (Wildman–Crippen MR) is 111 cm³/mol. The molecule has 4 rings (SSSR count). The summed E-state index contributed by atoms with van der Waals surface area (Å²) in [6.45, 7) is 4.71. The van der Waals surface area contributed by atoms with Gasteiger partial charge in [-0.2, -0.15) is 0 Å². The van der Waals surface area contributed by atoms with E-state index in [4.69, 9.17) is 0 Å². The van der Waals surface area contributed by atoms with Crippen LogP contribution < -0.4 is 15.1 Å². The first kappa shape index (κ1) is 18.3. The van der Waals surface area contributed by atoms with Crippen LogP contribution in [0.5, 0.6) is 0 Å². The Kier molecular flexibility index (Phi) is 5.59. The van der Waals surface area contributed by atoms with Gasteiger partial charge in [0.1, 0.15) is 0 Å². The van der Waals surface area contributed by atoms with Crippen LogP contribution in [-0.2, 0) is 6.42 Å². The van der Waals surface area contributed by atoms with Crippen molar-refractivity contribution in [3.63, 3.8) is 0 Å². The molecule has 1 N–H and O–H groups in total. The van der Waals surface area contributed by atoms with Crippen LogP contribution in [0.2, 0.25) is 0 Å². The topological polar surface area (TPSA) is 51.7 Å². The molecule has 2 fully saturated rings. The van der Waals surface area contributed by atoms with E-state index in [1.807, 2.05) is 23.5 Å². The molecule has 0 aliphatic carbocycles. The van der Waals surface area contributed by atoms with Gasteiger partial charge in [0.15, 0.2) is 0 Å². The zero-order valence-electron chi connectivity index (χ0n) is 15.8. The molecule has 0 spiro atoms. The zero-order chi connectivity index (χ0) is 18.6. The average molecular weight is 386 g/mol. The second-order valence-electron chi connectivity index (χ2n) is 7.26. The van der Waals surface area contributed by atoms with Gasteiger partial charge in [-0.1, -0.05) is 0 Å². The van der Waals surface area contributed by atoms with Crippen LogP contribution in [0.25, 0.3) is 0 Å². The van der Waals surface area contributed by atoms with E-state index in [2.05, 4.69) is 39.5 Å². The molecule has 0 saturated carbocycles. The summed E-state index contributed by atoms with van der Waals surface area (Å²) >= 11 is 1.73. The first-order chi connectivity index (χ1) is 13.2. The standard InChI is InChI=1S/C20H27N5OS/c1-23-13-14-25(20(23)26)18-4-2-17(3-5-18)24-11-7-16(8-12-24)21-9-6-19-22-10-15-27-19/h2-5,10,15-16,21H,6-9,11-14H2,1H3. The smallest absolute Gasteiger partial charge is 0.324 e. The minimum Gasteiger partial charge on any atom is -0.371 e. The number of anilines is 2. The Hall–Kier alpha value is -2.12. The lowest BCUT2D eigenvalue weighted by molar-refractivity contribution is 0.229. The number of piperidine rings is 1. The first-order valence-corrected chi connectivity index (χ1v) is 10.6. The molecular weight excluding hydrogens is 358 g/mol. The minimum atomic E-state index is 0.0902. The van der Waals surface area contributed by atoms with Crippen LogP contribution in [0.15, 0.2) is 35.8 Å². The Morgan fingerprint density at radius 1 is 1.11 bits per heavy atom. The molecule has 7 heteroatoms. The number of hydrogen-bond acceptors (Lipinski definition) is 5. The van der Waals surface area contributed by atoms with Crippen molar-refractivity contribution in [2.75, 3.05) is 49.6 Å². The third kappa shape index (κ3) is 4.25. The number of urea groups is 1. The van der Waals surface area contributed by atoms with Crippen molar-refractivity contribution in [1.82, 2.24) is 15.2 Å². The summed E-state index contributed by atoms with van der Waals surface area (Å²) in [7, 11) is 1.85. The summed E-state index contributed by atoms with van der Waals surface area (Å²) < 4.78 is 0. The van der Waals surface area contributed by atoms with Gasteiger partial charge in [0, 0.05) is 75.2 Å². The third-order valence-corrected chi connectivity index (χ3v) is 6.33. The second kappa shape index (κ2) is 8.27. The number of hydrogen-bond donors (Lipinski definition) is 1. The highest BCUT2D eigenvalue weighted by atomic mass is 32.1. The number of likely N-dealkylation sites (N-methyl/N-ethyl adjacent to an activating group) is 1. The third-order valence-electron chi connectivity index (χ3n) is 5.49. The minimum absolute atomic E-state index is 0.0902. The van der Waals surface area contributed by atoms with Crippen molar-refractivity contribution in [2.24, 2.45) is 0 Å². The fraction of sp³-hybridized carbons (Fsp3) is 0.500. The van der Waals surface area contributed by atoms with Gasteiger partial charge in [-0.05, 0) is 37.1 Å². The van der Waals surface area contributed by atoms with E-state index in [-0.39, 0.29) is 6.03 Å². The maximum Gasteiger partial charge on any atom is 0.324 e. The maximum absolute atomic E-state index is 12.1. The molecule has 2 aromatic rings. The molecule has 2 amide bonds. The number of carbonyl (C=O) groups excluding carboxylic acids is 1. The maximum atomic E-state index is 12.1. The molecule has 0 atom stereocenters. The van der Waals surface area contributed by atoms with Gasteiger partial charge in [0.25, 0.3) is 0 Å². The fourth-order valence-electron chi connectivity index (χ4n) is 3.83. The van der Waals surface area contributed by atoms with E-state index < -0.39 is 0 Å². The van der Waals surface area contributed by atoms with Crippen molar-refractivity contribution < 1.29 is 4.79 Å². The zero-order valence-corrected chi connectivity index (χ0v) is 16.6. The quantitative estimate of drug-likeness (QED) is 0.831. The highest BCUT2D eigenvalue weighted by Gasteiger charge is 2.26. The average Bonchev–Trinajstić information content (AvgIpc) is 3.33. The molecule has 0 bridgehead atoms. The van der Waals surface area contributed by atoms with Crippen molar-refractivity contribution >= 4 is 28.7 Å². The molecule has 0 unspecified atom stereocenters. The van der Waals surface area contributed by atoms with E-state index in [1.165, 1.54) is 10.7 Å². The van der Waals surface area contributed by atoms with Crippen LogP contribution in [0.3, 0.4) is 0 Å². The normalized spacial score (nSPS) is 18.6. The van der Waals surface area contributed by atoms with Gasteiger partial charge in [0.2, 0.25) is 0 Å². The number of aromatic nitrogens is 1. The SMILES string of the molecule is CN1CCN(c2ccc(N3CCC(NCCc4nccs4)CC3)cc2)C1=O. The highest BCUT2D eigenvalue weighted by molar-refractivity contribution is 7.09. The molecule has 27 heavy (non-hydrogen) atoms. The van der Waals surface area contributed by atoms with Gasteiger partial charge in [0.05, 0.1) is 5.01 Å². The number of benzene rings is 1. The molecule has 2 aliphatic heterocycles. The number of amides is 2. The molecule has 2 saturated heterocycles. The highest BCUT2D eigenvalue weighted by Crippen LogP contribution is 2.25. The van der Waals surface area contributed by atoms with Crippen LogP contribution in [0.4, 0.5) is 16.2 Å². The Balaban J connectivity index is 1.25. The van der Waals surface area contributed by atoms with E-state index >= 15 is 0 Å². The molecule has 144 valence electrons. The summed E-state index contributed by atoms with van der Waals surface area (Å²) in [5.41, 5.74) is 2.24. The predicted octanol–water partition coefficient (Wildman–Crippen LogP) is 2.82. The largest absolute Gasteiger partial charge is 0.371 e. The molecular formula is C20H27N5OS. The summed E-state index contributed by atoms with van der Waals surface area (Å²) in [5, 5.41) is 6.93. The molecule has 1 aromatic carbocycles. The number of carbonyl (C=O) groups is 1. The number of rotatable bonds is 6. The van der Waals surface area contributed by atoms with Gasteiger partial charge in [-0.3, -0.25) is 4.90 Å². The van der Waals surface area contributed by atoms with Crippen molar-refractivity contribution in [2.45, 2.75) is 25.3 Å². The lowest BCUT2D eigenvalue weighted by Crippen LogP contribution is -2.43. The van der Waals surface area contributed by atoms with Gasteiger partial charge in [-0.15, -0.1) is 11.3 Å². The number of thiazole rings is 1.